The lowest BCUT2D eigenvalue weighted by Gasteiger charge is -2.40. The summed E-state index contributed by atoms with van der Waals surface area (Å²) in [7, 11) is 0. The average Bonchev–Trinajstić information content (AvgIpc) is 3.68. The molecule has 0 aliphatic carbocycles. The molecular formula is C36H38F3N5O4. The van der Waals surface area contributed by atoms with E-state index in [0.717, 1.165) is 18.4 Å². The van der Waals surface area contributed by atoms with Crippen molar-refractivity contribution in [3.8, 4) is 28.6 Å². The lowest BCUT2D eigenvalue weighted by Crippen LogP contribution is -2.60. The number of benzene rings is 3. The van der Waals surface area contributed by atoms with E-state index in [0.29, 0.717) is 42.5 Å². The number of aliphatic hydroxyl groups excluding tert-OH is 1. The number of aromatic nitrogens is 2. The molecule has 4 aromatic rings. The SMILES string of the molecule is CCc1cccc2cc(O)cc(-c3c(F)c4c5c(nc(OC[C@]67C[C@@H](F)CN6C[C@@H](CO)C7)nc5c3F)N3CC5CCC(N5)C3CO4)c12. The molecule has 48 heavy (non-hydrogen) atoms. The van der Waals surface area contributed by atoms with E-state index >= 15 is 8.78 Å². The number of piperazine rings is 1. The van der Waals surface area contributed by atoms with Crippen LogP contribution in [0, 0.1) is 17.6 Å². The fraction of sp³-hybridized carbons (Fsp3) is 0.500. The summed E-state index contributed by atoms with van der Waals surface area (Å²) in [6.45, 7) is 3.63. The minimum atomic E-state index is -1.01. The monoisotopic (exact) mass is 661 g/mol. The fourth-order valence-corrected chi connectivity index (χ4v) is 9.33. The van der Waals surface area contributed by atoms with E-state index in [1.54, 1.807) is 6.07 Å². The zero-order valence-electron chi connectivity index (χ0n) is 26.7. The van der Waals surface area contributed by atoms with Gasteiger partial charge in [-0.05, 0) is 65.6 Å². The number of aliphatic hydroxyl groups is 1. The molecule has 3 unspecified atom stereocenters. The maximum absolute atomic E-state index is 17.2. The van der Waals surface area contributed by atoms with Crippen LogP contribution < -0.4 is 19.7 Å². The van der Waals surface area contributed by atoms with Gasteiger partial charge < -0.3 is 29.9 Å². The number of hydrogen-bond donors (Lipinski definition) is 3. The summed E-state index contributed by atoms with van der Waals surface area (Å²) in [6.07, 6.45) is 2.33. The summed E-state index contributed by atoms with van der Waals surface area (Å²) in [5.74, 6) is -1.65. The van der Waals surface area contributed by atoms with Gasteiger partial charge in [0.2, 0.25) is 0 Å². The number of rotatable bonds is 6. The third-order valence-corrected chi connectivity index (χ3v) is 11.4. The molecule has 3 N–H and O–H groups in total. The van der Waals surface area contributed by atoms with E-state index < -0.39 is 23.3 Å². The van der Waals surface area contributed by atoms with Crippen LogP contribution in [0.15, 0.2) is 30.3 Å². The van der Waals surface area contributed by atoms with Crippen molar-refractivity contribution in [2.24, 2.45) is 5.92 Å². The van der Waals surface area contributed by atoms with Crippen molar-refractivity contribution in [3.05, 3.63) is 47.5 Å². The molecule has 0 spiro atoms. The minimum absolute atomic E-state index is 0.00431. The number of aromatic hydroxyl groups is 1. The Balaban J connectivity index is 1.24. The summed E-state index contributed by atoms with van der Waals surface area (Å²) in [5.41, 5.74) is -0.0172. The van der Waals surface area contributed by atoms with Crippen molar-refractivity contribution in [1.82, 2.24) is 20.2 Å². The van der Waals surface area contributed by atoms with Gasteiger partial charge in [0.1, 0.15) is 36.5 Å². The molecule has 0 saturated carbocycles. The quantitative estimate of drug-likeness (QED) is 0.267. The molecule has 252 valence electrons. The van der Waals surface area contributed by atoms with Crippen LogP contribution in [0.1, 0.15) is 38.2 Å². The van der Waals surface area contributed by atoms with Crippen molar-refractivity contribution in [2.75, 3.05) is 44.4 Å². The molecule has 1 aromatic heterocycles. The van der Waals surface area contributed by atoms with E-state index in [4.69, 9.17) is 14.5 Å². The van der Waals surface area contributed by atoms with Gasteiger partial charge >= 0.3 is 6.01 Å². The molecule has 6 atom stereocenters. The number of nitrogens with zero attached hydrogens (tertiary/aromatic N) is 4. The first kappa shape index (κ1) is 30.2. The largest absolute Gasteiger partial charge is 0.508 e. The molecular weight excluding hydrogens is 623 g/mol. The van der Waals surface area contributed by atoms with Gasteiger partial charge in [-0.3, -0.25) is 4.90 Å². The van der Waals surface area contributed by atoms with E-state index in [9.17, 15) is 14.6 Å². The Morgan fingerprint density at radius 3 is 2.79 bits per heavy atom. The predicted molar refractivity (Wildman–Crippen MR) is 175 cm³/mol. The predicted octanol–water partition coefficient (Wildman–Crippen LogP) is 4.87. The summed E-state index contributed by atoms with van der Waals surface area (Å²) in [5, 5.41) is 25.7. The topological polar surface area (TPSA) is 103 Å². The number of aryl methyl sites for hydroxylation is 1. The maximum atomic E-state index is 17.2. The van der Waals surface area contributed by atoms with E-state index in [-0.39, 0.29) is 96.4 Å². The molecule has 5 aliphatic rings. The van der Waals surface area contributed by atoms with Crippen molar-refractivity contribution in [3.63, 3.8) is 0 Å². The fourth-order valence-electron chi connectivity index (χ4n) is 9.33. The second-order valence-corrected chi connectivity index (χ2v) is 14.3. The first-order valence-electron chi connectivity index (χ1n) is 17.0. The minimum Gasteiger partial charge on any atom is -0.508 e. The molecule has 9 rings (SSSR count). The first-order chi connectivity index (χ1) is 23.3. The highest BCUT2D eigenvalue weighted by atomic mass is 19.1. The maximum Gasteiger partial charge on any atom is 0.319 e. The number of nitrogens with one attached hydrogen (secondary N) is 1. The molecule has 6 heterocycles. The number of fused-ring (bicyclic) bond motifs is 7. The summed E-state index contributed by atoms with van der Waals surface area (Å²) in [4.78, 5) is 13.5. The molecule has 4 fully saturated rings. The molecule has 3 aromatic carbocycles. The Bertz CT molecular complexity index is 1960. The van der Waals surface area contributed by atoms with E-state index in [2.05, 4.69) is 15.2 Å². The highest BCUT2D eigenvalue weighted by Gasteiger charge is 2.53. The molecule has 12 heteroatoms. The second kappa shape index (κ2) is 11.1. The lowest BCUT2D eigenvalue weighted by molar-refractivity contribution is 0.107. The Hall–Kier alpha value is -3.87. The van der Waals surface area contributed by atoms with Crippen LogP contribution in [-0.4, -0.2) is 94.4 Å². The second-order valence-electron chi connectivity index (χ2n) is 14.3. The van der Waals surface area contributed by atoms with Crippen LogP contribution in [0.4, 0.5) is 19.0 Å². The van der Waals surface area contributed by atoms with Crippen LogP contribution in [0.25, 0.3) is 32.8 Å². The normalized spacial score (nSPS) is 29.3. The summed E-state index contributed by atoms with van der Waals surface area (Å²) in [6, 6.07) is 8.59. The van der Waals surface area contributed by atoms with Crippen LogP contribution in [-0.2, 0) is 6.42 Å². The highest BCUT2D eigenvalue weighted by molar-refractivity contribution is 6.05. The number of phenolic OH excluding ortho intramolecular Hbond substituents is 1. The van der Waals surface area contributed by atoms with Gasteiger partial charge in [0.05, 0.1) is 22.5 Å². The number of halogens is 3. The zero-order chi connectivity index (χ0) is 32.9. The van der Waals surface area contributed by atoms with E-state index in [1.165, 1.54) is 6.07 Å². The van der Waals surface area contributed by atoms with Crippen molar-refractivity contribution in [1.29, 1.82) is 0 Å². The third kappa shape index (κ3) is 4.48. The molecule has 0 radical (unpaired) electrons. The van der Waals surface area contributed by atoms with Crippen LogP contribution in [0.2, 0.25) is 0 Å². The third-order valence-electron chi connectivity index (χ3n) is 11.4. The van der Waals surface area contributed by atoms with Gasteiger partial charge in [-0.1, -0.05) is 25.1 Å². The van der Waals surface area contributed by atoms with Gasteiger partial charge in [-0.25, -0.2) is 13.2 Å². The number of hydrogen-bond acceptors (Lipinski definition) is 9. The Morgan fingerprint density at radius 1 is 1.08 bits per heavy atom. The molecule has 2 bridgehead atoms. The van der Waals surface area contributed by atoms with Crippen molar-refractivity contribution in [2.45, 2.75) is 68.9 Å². The number of ether oxygens (including phenoxy) is 2. The molecule has 5 aliphatic heterocycles. The van der Waals surface area contributed by atoms with Crippen molar-refractivity contribution < 1.29 is 32.9 Å². The molecule has 0 amide bonds. The number of anilines is 1. The van der Waals surface area contributed by atoms with E-state index in [1.807, 2.05) is 30.0 Å². The lowest BCUT2D eigenvalue weighted by atomic mass is 9.91. The summed E-state index contributed by atoms with van der Waals surface area (Å²) < 4.78 is 61.5. The number of alkyl halides is 1. The summed E-state index contributed by atoms with van der Waals surface area (Å²) >= 11 is 0. The Morgan fingerprint density at radius 2 is 1.96 bits per heavy atom. The average molecular weight is 662 g/mol. The highest BCUT2D eigenvalue weighted by Crippen LogP contribution is 2.49. The smallest absolute Gasteiger partial charge is 0.319 e. The Kier molecular flexibility index (Phi) is 6.97. The van der Waals surface area contributed by atoms with Gasteiger partial charge in [0, 0.05) is 44.7 Å². The van der Waals surface area contributed by atoms with Crippen LogP contribution in [0.5, 0.6) is 17.5 Å². The van der Waals surface area contributed by atoms with Crippen molar-refractivity contribution >= 4 is 27.5 Å². The molecule has 4 saturated heterocycles. The zero-order valence-corrected chi connectivity index (χ0v) is 26.7. The van der Waals surface area contributed by atoms with Crippen LogP contribution in [0.3, 0.4) is 0 Å². The number of phenols is 1. The van der Waals surface area contributed by atoms with Gasteiger partial charge in [0.25, 0.3) is 0 Å². The van der Waals surface area contributed by atoms with Crippen LogP contribution >= 0.6 is 0 Å². The van der Waals surface area contributed by atoms with Gasteiger partial charge in [-0.2, -0.15) is 9.97 Å². The molecule has 9 nitrogen and oxygen atoms in total. The van der Waals surface area contributed by atoms with Gasteiger partial charge in [0.15, 0.2) is 17.4 Å². The van der Waals surface area contributed by atoms with Gasteiger partial charge in [-0.15, -0.1) is 0 Å². The first-order valence-corrected chi connectivity index (χ1v) is 17.0. The Labute approximate surface area is 275 Å². The standard InChI is InChI=1S/C36H38F3N5O4/c1-2-19-4-3-5-20-8-23(46)9-24(27(19)20)28-30(38)32-29-33(31(28)39)47-16-26-25-7-6-22(40-25)14-44(26)34(29)42-35(41-32)48-17-36-10-18(15-45)12-43(36)13-21(37)11-36/h3-5,8-9,18,21-22,25-26,40,45-46H,2,6-7,10-17H2,1H3/t18-,21+,22?,25?,26?,36-/m0/s1.